The highest BCUT2D eigenvalue weighted by Crippen LogP contribution is 2.29. The Kier molecular flexibility index (Phi) is 8.27. The summed E-state index contributed by atoms with van der Waals surface area (Å²) in [6.07, 6.45) is 1.90. The van der Waals surface area contributed by atoms with Gasteiger partial charge in [-0.2, -0.15) is 4.31 Å². The molecule has 0 unspecified atom stereocenters. The Morgan fingerprint density at radius 1 is 1.00 bits per heavy atom. The number of nitrogens with zero attached hydrogens (tertiary/aromatic N) is 2. The minimum atomic E-state index is -3.80. The molecule has 0 spiro atoms. The van der Waals surface area contributed by atoms with Crippen molar-refractivity contribution >= 4 is 27.5 Å². The van der Waals surface area contributed by atoms with Crippen LogP contribution in [0.25, 0.3) is 0 Å². The summed E-state index contributed by atoms with van der Waals surface area (Å²) in [4.78, 5) is 27.5. The molecule has 2 N–H and O–H groups in total. The number of carbonyl (C=O) groups excluding carboxylic acids is 2. The van der Waals surface area contributed by atoms with E-state index in [1.54, 1.807) is 19.9 Å². The number of rotatable bonds is 7. The number of benzene rings is 2. The molecule has 10 heteroatoms. The van der Waals surface area contributed by atoms with Gasteiger partial charge in [0.05, 0.1) is 16.0 Å². The van der Waals surface area contributed by atoms with Crippen LogP contribution in [0.15, 0.2) is 47.4 Å². The van der Waals surface area contributed by atoms with Gasteiger partial charge in [0.15, 0.2) is 0 Å². The molecule has 1 saturated heterocycles. The Labute approximate surface area is 200 Å². The molecule has 0 radical (unpaired) electrons. The predicted molar refractivity (Wildman–Crippen MR) is 128 cm³/mol. The minimum Gasteiger partial charge on any atom is -0.371 e. The maximum atomic E-state index is 13.9. The first-order chi connectivity index (χ1) is 16.2. The van der Waals surface area contributed by atoms with Crippen molar-refractivity contribution in [2.45, 2.75) is 38.5 Å². The van der Waals surface area contributed by atoms with Gasteiger partial charge < -0.3 is 4.90 Å². The number of carbonyl (C=O) groups is 2. The zero-order valence-corrected chi connectivity index (χ0v) is 20.5. The molecule has 3 rings (SSSR count). The van der Waals surface area contributed by atoms with Crippen molar-refractivity contribution in [1.82, 2.24) is 15.2 Å². The average Bonchev–Trinajstić information content (AvgIpc) is 2.83. The molecule has 2 aromatic carbocycles. The van der Waals surface area contributed by atoms with E-state index in [1.165, 1.54) is 34.6 Å². The van der Waals surface area contributed by atoms with Gasteiger partial charge >= 0.3 is 0 Å². The predicted octanol–water partition coefficient (Wildman–Crippen LogP) is 3.17. The third-order valence-corrected chi connectivity index (χ3v) is 8.13. The summed E-state index contributed by atoms with van der Waals surface area (Å²) in [7, 11) is -3.80. The fourth-order valence-electron chi connectivity index (χ4n) is 3.99. The largest absolute Gasteiger partial charge is 0.371 e. The van der Waals surface area contributed by atoms with Gasteiger partial charge in [0.25, 0.3) is 11.8 Å². The third-order valence-electron chi connectivity index (χ3n) is 6.09. The van der Waals surface area contributed by atoms with Crippen molar-refractivity contribution in [3.63, 3.8) is 0 Å². The van der Waals surface area contributed by atoms with Gasteiger partial charge in [0, 0.05) is 31.9 Å². The summed E-state index contributed by atoms with van der Waals surface area (Å²) in [5.41, 5.74) is 5.02. The number of nitrogens with one attached hydrogen (secondary N) is 2. The summed E-state index contributed by atoms with van der Waals surface area (Å²) in [5, 5.41) is 0. The van der Waals surface area contributed by atoms with E-state index >= 15 is 0 Å². The lowest BCUT2D eigenvalue weighted by molar-refractivity contribution is 0.0844. The van der Waals surface area contributed by atoms with Gasteiger partial charge in [-0.25, -0.2) is 12.8 Å². The number of piperidine rings is 1. The topological polar surface area (TPSA) is 98.8 Å². The molecule has 184 valence electrons. The molecule has 34 heavy (non-hydrogen) atoms. The van der Waals surface area contributed by atoms with Crippen LogP contribution in [0.1, 0.15) is 54.3 Å². The molecule has 0 aliphatic carbocycles. The maximum Gasteiger partial charge on any atom is 0.272 e. The van der Waals surface area contributed by atoms with Gasteiger partial charge in [-0.15, -0.1) is 0 Å². The SMILES string of the molecule is CCN(CC)S(=O)(=O)c1ccc(N2CCC(C)CC2)c(C(=O)NNC(=O)c2ccccc2F)c1. The fourth-order valence-corrected chi connectivity index (χ4v) is 5.47. The monoisotopic (exact) mass is 490 g/mol. The van der Waals surface area contributed by atoms with E-state index < -0.39 is 27.7 Å². The highest BCUT2D eigenvalue weighted by Gasteiger charge is 2.27. The zero-order valence-electron chi connectivity index (χ0n) is 19.7. The Balaban J connectivity index is 1.92. The first kappa shape index (κ1) is 25.6. The Bertz CT molecular complexity index is 1140. The summed E-state index contributed by atoms with van der Waals surface area (Å²) < 4.78 is 41.3. The second-order valence-corrected chi connectivity index (χ2v) is 10.3. The van der Waals surface area contributed by atoms with E-state index in [2.05, 4.69) is 17.8 Å². The Morgan fingerprint density at radius 3 is 2.18 bits per heavy atom. The van der Waals surface area contributed by atoms with Crippen molar-refractivity contribution in [2.75, 3.05) is 31.1 Å². The normalized spacial score (nSPS) is 14.8. The van der Waals surface area contributed by atoms with E-state index in [0.29, 0.717) is 24.7 Å². The van der Waals surface area contributed by atoms with Crippen LogP contribution in [0.5, 0.6) is 0 Å². The molecule has 2 aromatic rings. The van der Waals surface area contributed by atoms with E-state index in [-0.39, 0.29) is 16.0 Å². The van der Waals surface area contributed by atoms with Crippen molar-refractivity contribution < 1.29 is 22.4 Å². The average molecular weight is 491 g/mol. The lowest BCUT2D eigenvalue weighted by atomic mass is 9.98. The van der Waals surface area contributed by atoms with Crippen LogP contribution < -0.4 is 15.8 Å². The van der Waals surface area contributed by atoms with Crippen LogP contribution in [0.3, 0.4) is 0 Å². The van der Waals surface area contributed by atoms with Gasteiger partial charge in [0.1, 0.15) is 5.82 Å². The summed E-state index contributed by atoms with van der Waals surface area (Å²) in [5.74, 6) is -1.65. The summed E-state index contributed by atoms with van der Waals surface area (Å²) in [6, 6.07) is 9.90. The second-order valence-electron chi connectivity index (χ2n) is 8.33. The Morgan fingerprint density at radius 2 is 1.59 bits per heavy atom. The highest BCUT2D eigenvalue weighted by molar-refractivity contribution is 7.89. The molecule has 0 aromatic heterocycles. The van der Waals surface area contributed by atoms with E-state index in [4.69, 9.17) is 0 Å². The molecule has 1 aliphatic heterocycles. The van der Waals surface area contributed by atoms with Crippen LogP contribution in [-0.2, 0) is 10.0 Å². The number of hydrogen-bond acceptors (Lipinski definition) is 5. The van der Waals surface area contributed by atoms with Crippen molar-refractivity contribution in [3.05, 3.63) is 59.4 Å². The quantitative estimate of drug-likeness (QED) is 0.581. The smallest absolute Gasteiger partial charge is 0.272 e. The van der Waals surface area contributed by atoms with Gasteiger partial charge in [0.2, 0.25) is 10.0 Å². The van der Waals surface area contributed by atoms with Crippen LogP contribution in [0, 0.1) is 11.7 Å². The summed E-state index contributed by atoms with van der Waals surface area (Å²) >= 11 is 0. The molecular formula is C24H31FN4O4S. The second kappa shape index (κ2) is 11.0. The van der Waals surface area contributed by atoms with Crippen molar-refractivity contribution in [2.24, 2.45) is 5.92 Å². The third kappa shape index (κ3) is 5.56. The van der Waals surface area contributed by atoms with Crippen LogP contribution in [0.4, 0.5) is 10.1 Å². The lowest BCUT2D eigenvalue weighted by Crippen LogP contribution is -2.43. The van der Waals surface area contributed by atoms with E-state index in [1.807, 2.05) is 4.90 Å². The molecule has 8 nitrogen and oxygen atoms in total. The Hall–Kier alpha value is -2.98. The molecule has 0 atom stereocenters. The van der Waals surface area contributed by atoms with Crippen LogP contribution in [0.2, 0.25) is 0 Å². The van der Waals surface area contributed by atoms with Crippen LogP contribution >= 0.6 is 0 Å². The first-order valence-corrected chi connectivity index (χ1v) is 12.9. The first-order valence-electron chi connectivity index (χ1n) is 11.4. The van der Waals surface area contributed by atoms with Gasteiger partial charge in [-0.3, -0.25) is 20.4 Å². The van der Waals surface area contributed by atoms with Gasteiger partial charge in [-0.05, 0) is 49.1 Å². The lowest BCUT2D eigenvalue weighted by Gasteiger charge is -2.33. The molecular weight excluding hydrogens is 459 g/mol. The zero-order chi connectivity index (χ0) is 24.9. The van der Waals surface area contributed by atoms with E-state index in [0.717, 1.165) is 32.0 Å². The van der Waals surface area contributed by atoms with Crippen molar-refractivity contribution in [1.29, 1.82) is 0 Å². The molecule has 1 aliphatic rings. The molecule has 1 fully saturated rings. The molecule has 0 saturated carbocycles. The number of hydrazine groups is 1. The molecule has 2 amide bonds. The van der Waals surface area contributed by atoms with Crippen molar-refractivity contribution in [3.8, 4) is 0 Å². The number of halogens is 1. The number of anilines is 1. The van der Waals surface area contributed by atoms with Crippen LogP contribution in [-0.4, -0.2) is 50.7 Å². The fraction of sp³-hybridized carbons (Fsp3) is 0.417. The standard InChI is InChI=1S/C24H31FN4O4S/c1-4-29(5-2)34(32,33)18-10-11-22(28-14-12-17(3)13-15-28)20(16-18)24(31)27-26-23(30)19-8-6-7-9-21(19)25/h6-11,16-17H,4-5,12-15H2,1-3H3,(H,26,30)(H,27,31). The minimum absolute atomic E-state index is 0.00379. The van der Waals surface area contributed by atoms with Gasteiger partial charge in [-0.1, -0.05) is 32.9 Å². The maximum absolute atomic E-state index is 13.9. The summed E-state index contributed by atoms with van der Waals surface area (Å²) in [6.45, 7) is 7.71. The molecule has 1 heterocycles. The van der Waals surface area contributed by atoms with E-state index in [9.17, 15) is 22.4 Å². The number of amides is 2. The number of sulfonamides is 1. The highest BCUT2D eigenvalue weighted by atomic mass is 32.2. The number of hydrogen-bond donors (Lipinski definition) is 2. The molecule has 0 bridgehead atoms.